The summed E-state index contributed by atoms with van der Waals surface area (Å²) in [7, 11) is -1.50. The van der Waals surface area contributed by atoms with E-state index in [2.05, 4.69) is 15.6 Å². The summed E-state index contributed by atoms with van der Waals surface area (Å²) in [6.07, 6.45) is 1.03. The molecule has 0 aliphatic carbocycles. The fourth-order valence-electron chi connectivity index (χ4n) is 2.64. The van der Waals surface area contributed by atoms with Crippen LogP contribution in [0, 0.1) is 5.82 Å². The van der Waals surface area contributed by atoms with Crippen LogP contribution in [0.4, 0.5) is 4.39 Å². The first kappa shape index (κ1) is 20.9. The first-order valence-corrected chi connectivity index (χ1v) is 10.7. The Kier molecular flexibility index (Phi) is 8.26. The van der Waals surface area contributed by atoms with E-state index in [0.717, 1.165) is 5.56 Å². The molecule has 27 heavy (non-hydrogen) atoms. The molecule has 2 aromatic carbocycles. The van der Waals surface area contributed by atoms with E-state index in [1.165, 1.54) is 6.07 Å². The largest absolute Gasteiger partial charge is 0.356 e. The molecule has 5 nitrogen and oxygen atoms in total. The van der Waals surface area contributed by atoms with E-state index >= 15 is 0 Å². The predicted octanol–water partition coefficient (Wildman–Crippen LogP) is 2.54. The Morgan fingerprint density at radius 3 is 2.37 bits per heavy atom. The molecule has 0 heterocycles. The van der Waals surface area contributed by atoms with Crippen molar-refractivity contribution in [2.45, 2.75) is 18.6 Å². The van der Waals surface area contributed by atoms with E-state index in [1.807, 2.05) is 30.3 Å². The fraction of sp³-hybridized carbons (Fsp3) is 0.350. The lowest BCUT2D eigenvalue weighted by Gasteiger charge is -2.12. The van der Waals surface area contributed by atoms with Gasteiger partial charge in [0.25, 0.3) is 0 Å². The van der Waals surface area contributed by atoms with Crippen molar-refractivity contribution in [2.24, 2.45) is 4.99 Å². The van der Waals surface area contributed by atoms with Crippen molar-refractivity contribution < 1.29 is 12.8 Å². The number of halogens is 1. The van der Waals surface area contributed by atoms with Crippen molar-refractivity contribution in [1.82, 2.24) is 10.6 Å². The lowest BCUT2D eigenvalue weighted by molar-refractivity contribution is 0.591. The fourth-order valence-corrected chi connectivity index (χ4v) is 4.07. The highest BCUT2D eigenvalue weighted by atomic mass is 32.2. The summed E-state index contributed by atoms with van der Waals surface area (Å²) < 4.78 is 37.9. The molecule has 0 radical (unpaired) electrons. The van der Waals surface area contributed by atoms with E-state index in [9.17, 15) is 12.8 Å². The summed E-state index contributed by atoms with van der Waals surface area (Å²) in [6.45, 7) is 1.03. The standard InChI is InChI=1S/C20H26FN3O2S/c1-22-20(24-14-12-18-10-5-6-11-19(18)21)23-13-7-15-27(25,26)16-17-8-3-2-4-9-17/h2-6,8-11H,7,12-16H2,1H3,(H2,22,23,24). The molecule has 0 atom stereocenters. The van der Waals surface area contributed by atoms with Gasteiger partial charge in [-0.25, -0.2) is 12.8 Å². The van der Waals surface area contributed by atoms with Crippen molar-refractivity contribution in [3.05, 3.63) is 71.5 Å². The second-order valence-electron chi connectivity index (χ2n) is 6.20. The highest BCUT2D eigenvalue weighted by Crippen LogP contribution is 2.07. The molecule has 7 heteroatoms. The lowest BCUT2D eigenvalue weighted by atomic mass is 10.1. The molecule has 0 fully saturated rings. The minimum absolute atomic E-state index is 0.0590. The van der Waals surface area contributed by atoms with Crippen molar-refractivity contribution >= 4 is 15.8 Å². The number of nitrogens with zero attached hydrogens (tertiary/aromatic N) is 1. The average Bonchev–Trinajstić information content (AvgIpc) is 2.65. The highest BCUT2D eigenvalue weighted by molar-refractivity contribution is 7.90. The van der Waals surface area contributed by atoms with Crippen LogP contribution >= 0.6 is 0 Å². The number of benzene rings is 2. The van der Waals surface area contributed by atoms with Crippen molar-refractivity contribution in [1.29, 1.82) is 0 Å². The van der Waals surface area contributed by atoms with E-state index in [4.69, 9.17) is 0 Å². The van der Waals surface area contributed by atoms with Gasteiger partial charge in [-0.3, -0.25) is 4.99 Å². The zero-order valence-electron chi connectivity index (χ0n) is 15.5. The van der Waals surface area contributed by atoms with Gasteiger partial charge in [-0.1, -0.05) is 48.5 Å². The van der Waals surface area contributed by atoms with Crippen LogP contribution in [0.5, 0.6) is 0 Å². The predicted molar refractivity (Wildman–Crippen MR) is 108 cm³/mol. The molecule has 2 N–H and O–H groups in total. The van der Waals surface area contributed by atoms with Gasteiger partial charge < -0.3 is 10.6 Å². The molecule has 0 amide bonds. The summed E-state index contributed by atoms with van der Waals surface area (Å²) >= 11 is 0. The minimum atomic E-state index is -3.14. The van der Waals surface area contributed by atoms with Gasteiger partial charge in [0.1, 0.15) is 5.82 Å². The highest BCUT2D eigenvalue weighted by Gasteiger charge is 2.11. The molecular weight excluding hydrogens is 365 g/mol. The second-order valence-corrected chi connectivity index (χ2v) is 8.38. The normalized spacial score (nSPS) is 12.0. The maximum Gasteiger partial charge on any atom is 0.190 e. The van der Waals surface area contributed by atoms with E-state index in [-0.39, 0.29) is 17.3 Å². The zero-order valence-corrected chi connectivity index (χ0v) is 16.3. The number of hydrogen-bond acceptors (Lipinski definition) is 3. The van der Waals surface area contributed by atoms with Crippen molar-refractivity contribution in [2.75, 3.05) is 25.9 Å². The van der Waals surface area contributed by atoms with Gasteiger partial charge >= 0.3 is 0 Å². The number of nitrogens with one attached hydrogen (secondary N) is 2. The van der Waals surface area contributed by atoms with Crippen LogP contribution in [0.3, 0.4) is 0 Å². The van der Waals surface area contributed by atoms with Gasteiger partial charge in [-0.2, -0.15) is 0 Å². The average molecular weight is 392 g/mol. The topological polar surface area (TPSA) is 70.6 Å². The molecule has 0 aromatic heterocycles. The van der Waals surface area contributed by atoms with Gasteiger partial charge in [-0.05, 0) is 30.0 Å². The van der Waals surface area contributed by atoms with Gasteiger partial charge in [-0.15, -0.1) is 0 Å². The summed E-state index contributed by atoms with van der Waals surface area (Å²) in [6, 6.07) is 15.8. The van der Waals surface area contributed by atoms with E-state index in [0.29, 0.717) is 37.5 Å². The van der Waals surface area contributed by atoms with E-state index in [1.54, 1.807) is 25.2 Å². The third-order valence-electron chi connectivity index (χ3n) is 4.02. The number of guanidine groups is 1. The molecule has 0 aliphatic heterocycles. The number of rotatable bonds is 9. The Balaban J connectivity index is 1.68. The lowest BCUT2D eigenvalue weighted by Crippen LogP contribution is -2.39. The van der Waals surface area contributed by atoms with Gasteiger partial charge in [0.15, 0.2) is 15.8 Å². The van der Waals surface area contributed by atoms with Gasteiger partial charge in [0.2, 0.25) is 0 Å². The first-order chi connectivity index (χ1) is 13.0. The molecule has 146 valence electrons. The molecular formula is C20H26FN3O2S. The maximum absolute atomic E-state index is 13.6. The van der Waals surface area contributed by atoms with Crippen LogP contribution in [-0.4, -0.2) is 40.3 Å². The first-order valence-electron chi connectivity index (χ1n) is 8.92. The summed E-state index contributed by atoms with van der Waals surface area (Å²) in [4.78, 5) is 4.09. The Labute approximate surface area is 160 Å². The van der Waals surface area contributed by atoms with E-state index < -0.39 is 9.84 Å². The molecule has 0 spiro atoms. The van der Waals surface area contributed by atoms with Gasteiger partial charge in [0, 0.05) is 20.1 Å². The van der Waals surface area contributed by atoms with Crippen LogP contribution in [-0.2, 0) is 22.0 Å². The molecule has 2 rings (SSSR count). The Hall–Kier alpha value is -2.41. The third kappa shape index (κ3) is 7.78. The molecule has 0 unspecified atom stereocenters. The van der Waals surface area contributed by atoms with Crippen LogP contribution in [0.1, 0.15) is 17.5 Å². The van der Waals surface area contributed by atoms with Crippen LogP contribution < -0.4 is 10.6 Å². The molecule has 0 aliphatic rings. The Morgan fingerprint density at radius 1 is 1.00 bits per heavy atom. The van der Waals surface area contributed by atoms with Crippen LogP contribution in [0.15, 0.2) is 59.6 Å². The Bertz CT molecular complexity index is 839. The number of hydrogen-bond donors (Lipinski definition) is 2. The monoisotopic (exact) mass is 391 g/mol. The minimum Gasteiger partial charge on any atom is -0.356 e. The maximum atomic E-state index is 13.6. The Morgan fingerprint density at radius 2 is 1.67 bits per heavy atom. The summed E-state index contributed by atoms with van der Waals surface area (Å²) in [5, 5.41) is 6.19. The smallest absolute Gasteiger partial charge is 0.190 e. The number of aliphatic imine (C=N–C) groups is 1. The SMILES string of the molecule is CN=C(NCCCS(=O)(=O)Cc1ccccc1)NCCc1ccccc1F. The quantitative estimate of drug-likeness (QED) is 0.392. The molecule has 0 saturated carbocycles. The van der Waals surface area contributed by atoms with Crippen molar-refractivity contribution in [3.8, 4) is 0 Å². The zero-order chi connectivity index (χ0) is 19.5. The third-order valence-corrected chi connectivity index (χ3v) is 5.71. The van der Waals surface area contributed by atoms with Crippen LogP contribution in [0.2, 0.25) is 0 Å². The molecule has 0 bridgehead atoms. The summed E-state index contributed by atoms with van der Waals surface area (Å²) in [5.74, 6) is 0.530. The summed E-state index contributed by atoms with van der Waals surface area (Å²) in [5.41, 5.74) is 1.45. The van der Waals surface area contributed by atoms with Crippen LogP contribution in [0.25, 0.3) is 0 Å². The molecule has 2 aromatic rings. The van der Waals surface area contributed by atoms with Gasteiger partial charge in [0.05, 0.1) is 11.5 Å². The second kappa shape index (κ2) is 10.7. The molecule has 0 saturated heterocycles. The number of sulfone groups is 1. The van der Waals surface area contributed by atoms with Crippen molar-refractivity contribution in [3.63, 3.8) is 0 Å².